The van der Waals surface area contributed by atoms with Gasteiger partial charge >= 0.3 is 5.97 Å². The van der Waals surface area contributed by atoms with E-state index in [9.17, 15) is 18.0 Å². The zero-order valence-corrected chi connectivity index (χ0v) is 12.8. The molecule has 1 saturated carbocycles. The van der Waals surface area contributed by atoms with Crippen molar-refractivity contribution in [2.24, 2.45) is 11.8 Å². The first-order valence-electron chi connectivity index (χ1n) is 6.96. The number of fused-ring (bicyclic) bond motifs is 1. The van der Waals surface area contributed by atoms with Gasteiger partial charge in [0.1, 0.15) is 0 Å². The average molecular weight is 324 g/mol. The molecule has 2 N–H and O–H groups in total. The van der Waals surface area contributed by atoms with Crippen LogP contribution in [0.15, 0.2) is 23.1 Å². The molecule has 0 radical (unpaired) electrons. The van der Waals surface area contributed by atoms with Crippen molar-refractivity contribution in [2.75, 3.05) is 18.5 Å². The maximum Gasteiger partial charge on any atom is 0.307 e. The van der Waals surface area contributed by atoms with Crippen molar-refractivity contribution in [3.05, 3.63) is 23.8 Å². The third-order valence-electron chi connectivity index (χ3n) is 4.22. The molecule has 2 atom stereocenters. The van der Waals surface area contributed by atoms with E-state index in [4.69, 9.17) is 5.11 Å². The van der Waals surface area contributed by atoms with Gasteiger partial charge in [0, 0.05) is 12.2 Å². The van der Waals surface area contributed by atoms with E-state index in [1.807, 2.05) is 0 Å². The van der Waals surface area contributed by atoms with E-state index >= 15 is 0 Å². The number of carbonyl (C=O) groups excluding carboxylic acids is 1. The summed E-state index contributed by atoms with van der Waals surface area (Å²) in [7, 11) is -2.17. The summed E-state index contributed by atoms with van der Waals surface area (Å²) < 4.78 is 25.8. The van der Waals surface area contributed by atoms with Gasteiger partial charge in [-0.1, -0.05) is 0 Å². The molecule has 0 spiro atoms. The van der Waals surface area contributed by atoms with E-state index in [0.29, 0.717) is 25.1 Å². The normalized spacial score (nSPS) is 23.2. The Hall–Kier alpha value is -1.93. The summed E-state index contributed by atoms with van der Waals surface area (Å²) >= 11 is 0. The number of nitrogens with one attached hydrogen (secondary N) is 1. The van der Waals surface area contributed by atoms with Crippen LogP contribution < -0.4 is 9.62 Å². The van der Waals surface area contributed by atoms with E-state index in [-0.39, 0.29) is 10.8 Å². The predicted octanol–water partition coefficient (Wildman–Crippen LogP) is 0.204. The van der Waals surface area contributed by atoms with Crippen molar-refractivity contribution >= 4 is 27.6 Å². The van der Waals surface area contributed by atoms with Crippen LogP contribution in [0.3, 0.4) is 0 Å². The molecule has 1 amide bonds. The summed E-state index contributed by atoms with van der Waals surface area (Å²) in [6.45, 7) is 0.458. The summed E-state index contributed by atoms with van der Waals surface area (Å²) in [6.07, 6.45) is 0.949. The van der Waals surface area contributed by atoms with Crippen molar-refractivity contribution in [3.63, 3.8) is 0 Å². The minimum Gasteiger partial charge on any atom is -0.481 e. The molecule has 1 aromatic carbocycles. The van der Waals surface area contributed by atoms with Crippen LogP contribution in [0.5, 0.6) is 0 Å². The summed E-state index contributed by atoms with van der Waals surface area (Å²) in [6, 6.07) is 4.64. The van der Waals surface area contributed by atoms with Crippen molar-refractivity contribution in [1.82, 2.24) is 4.72 Å². The molecule has 2 aliphatic rings. The van der Waals surface area contributed by atoms with Gasteiger partial charge in [0.25, 0.3) is 0 Å². The Morgan fingerprint density at radius 3 is 2.64 bits per heavy atom. The molecule has 22 heavy (non-hydrogen) atoms. The van der Waals surface area contributed by atoms with Crippen LogP contribution in [0.4, 0.5) is 5.69 Å². The fraction of sp³-hybridized carbons (Fsp3) is 0.429. The number of carboxylic acid groups (broad SMARTS) is 1. The lowest BCUT2D eigenvalue weighted by Crippen LogP contribution is -2.31. The molecule has 1 aliphatic heterocycles. The van der Waals surface area contributed by atoms with Gasteiger partial charge in [-0.3, -0.25) is 9.59 Å². The molecule has 118 valence electrons. The molecule has 0 saturated heterocycles. The minimum atomic E-state index is -3.51. The number of nitrogens with zero attached hydrogens (tertiary/aromatic N) is 1. The Morgan fingerprint density at radius 1 is 1.32 bits per heavy atom. The van der Waals surface area contributed by atoms with Crippen LogP contribution >= 0.6 is 0 Å². The minimum absolute atomic E-state index is 0.165. The van der Waals surface area contributed by atoms with Gasteiger partial charge in [-0.25, -0.2) is 13.1 Å². The molecular formula is C14H16N2O5S. The third kappa shape index (κ3) is 2.38. The van der Waals surface area contributed by atoms with Gasteiger partial charge in [0.15, 0.2) is 0 Å². The molecule has 3 rings (SSSR count). The van der Waals surface area contributed by atoms with E-state index in [2.05, 4.69) is 4.72 Å². The van der Waals surface area contributed by atoms with Crippen LogP contribution in [0.1, 0.15) is 12.0 Å². The van der Waals surface area contributed by atoms with Crippen LogP contribution in [-0.2, 0) is 26.0 Å². The zero-order chi connectivity index (χ0) is 16.1. The first-order chi connectivity index (χ1) is 10.3. The van der Waals surface area contributed by atoms with Crippen molar-refractivity contribution in [2.45, 2.75) is 17.7 Å². The maximum atomic E-state index is 12.4. The van der Waals surface area contributed by atoms with Gasteiger partial charge in [0.2, 0.25) is 15.9 Å². The number of sulfonamides is 1. The number of carbonyl (C=O) groups is 2. The first-order valence-corrected chi connectivity index (χ1v) is 8.44. The number of aliphatic carboxylic acids is 1. The molecule has 1 aromatic rings. The predicted molar refractivity (Wildman–Crippen MR) is 78.0 cm³/mol. The van der Waals surface area contributed by atoms with Gasteiger partial charge in [-0.15, -0.1) is 0 Å². The van der Waals surface area contributed by atoms with Crippen molar-refractivity contribution < 1.29 is 23.1 Å². The molecule has 0 aromatic heterocycles. The van der Waals surface area contributed by atoms with Gasteiger partial charge in [-0.2, -0.15) is 0 Å². The maximum absolute atomic E-state index is 12.4. The van der Waals surface area contributed by atoms with Crippen LogP contribution in [0.2, 0.25) is 0 Å². The molecule has 7 nitrogen and oxygen atoms in total. The number of hydrogen-bond acceptors (Lipinski definition) is 4. The quantitative estimate of drug-likeness (QED) is 0.823. The number of amides is 1. The fourth-order valence-corrected chi connectivity index (χ4v) is 3.61. The van der Waals surface area contributed by atoms with Crippen LogP contribution in [0.25, 0.3) is 0 Å². The summed E-state index contributed by atoms with van der Waals surface area (Å²) in [4.78, 5) is 25.0. The molecule has 0 unspecified atom stereocenters. The van der Waals surface area contributed by atoms with E-state index in [1.54, 1.807) is 17.0 Å². The second-order valence-electron chi connectivity index (χ2n) is 5.52. The lowest BCUT2D eigenvalue weighted by Gasteiger charge is -2.17. The molecule has 1 aliphatic carbocycles. The Bertz CT molecular complexity index is 758. The van der Waals surface area contributed by atoms with Crippen LogP contribution in [-0.4, -0.2) is 39.0 Å². The first kappa shape index (κ1) is 15.0. The number of benzene rings is 1. The Kier molecular flexibility index (Phi) is 3.45. The molecular weight excluding hydrogens is 308 g/mol. The van der Waals surface area contributed by atoms with E-state index < -0.39 is 27.8 Å². The Morgan fingerprint density at radius 2 is 2.05 bits per heavy atom. The number of hydrogen-bond donors (Lipinski definition) is 2. The van der Waals surface area contributed by atoms with Gasteiger partial charge < -0.3 is 10.0 Å². The highest BCUT2D eigenvalue weighted by molar-refractivity contribution is 7.89. The molecule has 1 fully saturated rings. The monoisotopic (exact) mass is 324 g/mol. The largest absolute Gasteiger partial charge is 0.481 e. The second kappa shape index (κ2) is 5.06. The number of rotatable bonds is 4. The molecule has 8 heteroatoms. The summed E-state index contributed by atoms with van der Waals surface area (Å²) in [5, 5.41) is 8.92. The summed E-state index contributed by atoms with van der Waals surface area (Å²) in [5.41, 5.74) is 1.47. The lowest BCUT2D eigenvalue weighted by molar-refractivity contribution is -0.140. The van der Waals surface area contributed by atoms with Gasteiger partial charge in [0.05, 0.1) is 16.7 Å². The SMILES string of the molecule is CNS(=O)(=O)c1ccc2c(c1)CCN2C(=O)[C@@H]1C[C@H]1C(=O)O. The lowest BCUT2D eigenvalue weighted by atomic mass is 10.2. The summed E-state index contributed by atoms with van der Waals surface area (Å²) in [5.74, 6) is -2.16. The number of anilines is 1. The molecule has 0 bridgehead atoms. The van der Waals surface area contributed by atoms with Gasteiger partial charge in [-0.05, 0) is 43.7 Å². The van der Waals surface area contributed by atoms with Crippen LogP contribution in [0, 0.1) is 11.8 Å². The standard InChI is InChI=1S/C14H16N2O5S/c1-15-22(20,21)9-2-3-12-8(6-9)4-5-16(12)13(17)10-7-11(10)14(18)19/h2-3,6,10-11,15H,4-5,7H2,1H3,(H,18,19)/t10-,11-/m1/s1. The Labute approximate surface area is 128 Å². The second-order valence-corrected chi connectivity index (χ2v) is 7.41. The van der Waals surface area contributed by atoms with E-state index in [0.717, 1.165) is 5.56 Å². The average Bonchev–Trinajstić information content (AvgIpc) is 3.19. The fourth-order valence-electron chi connectivity index (χ4n) is 2.83. The zero-order valence-electron chi connectivity index (χ0n) is 11.9. The highest BCUT2D eigenvalue weighted by Gasteiger charge is 2.50. The van der Waals surface area contributed by atoms with Crippen molar-refractivity contribution in [3.8, 4) is 0 Å². The Balaban J connectivity index is 1.84. The molecule has 1 heterocycles. The topological polar surface area (TPSA) is 104 Å². The smallest absolute Gasteiger partial charge is 0.307 e. The highest BCUT2D eigenvalue weighted by atomic mass is 32.2. The number of carboxylic acids is 1. The highest BCUT2D eigenvalue weighted by Crippen LogP contribution is 2.42. The van der Waals surface area contributed by atoms with E-state index in [1.165, 1.54) is 13.1 Å². The van der Waals surface area contributed by atoms with Crippen molar-refractivity contribution in [1.29, 1.82) is 0 Å². The third-order valence-corrected chi connectivity index (χ3v) is 5.63.